The summed E-state index contributed by atoms with van der Waals surface area (Å²) in [5, 5.41) is 3.35. The molecule has 0 aliphatic heterocycles. The number of ether oxygens (including phenoxy) is 1. The molecule has 15 heavy (non-hydrogen) atoms. The predicted molar refractivity (Wildman–Crippen MR) is 64.6 cm³/mol. The van der Waals surface area contributed by atoms with Crippen molar-refractivity contribution in [3.8, 4) is 5.75 Å². The van der Waals surface area contributed by atoms with Gasteiger partial charge in [-0.1, -0.05) is 26.0 Å². The Balaban J connectivity index is 2.52. The first-order valence-corrected chi connectivity index (χ1v) is 5.62. The zero-order chi connectivity index (χ0) is 11.1. The maximum absolute atomic E-state index is 5.22. The van der Waals surface area contributed by atoms with E-state index in [1.807, 2.05) is 6.07 Å². The Morgan fingerprint density at radius 1 is 1.40 bits per heavy atom. The Hall–Kier alpha value is -1.02. The van der Waals surface area contributed by atoms with Gasteiger partial charge in [-0.2, -0.15) is 0 Å². The van der Waals surface area contributed by atoms with Crippen molar-refractivity contribution in [2.75, 3.05) is 20.2 Å². The van der Waals surface area contributed by atoms with Crippen molar-refractivity contribution >= 4 is 0 Å². The van der Waals surface area contributed by atoms with Crippen LogP contribution in [-0.2, 0) is 0 Å². The van der Waals surface area contributed by atoms with E-state index in [9.17, 15) is 0 Å². The lowest BCUT2D eigenvalue weighted by Crippen LogP contribution is -2.15. The molecule has 0 fully saturated rings. The summed E-state index contributed by atoms with van der Waals surface area (Å²) in [5.41, 5.74) is 1.35. The molecule has 1 aromatic carbocycles. The Morgan fingerprint density at radius 3 is 2.87 bits per heavy atom. The molecule has 2 heteroatoms. The predicted octanol–water partition coefficient (Wildman–Crippen LogP) is 2.80. The Bertz CT molecular complexity index is 286. The maximum atomic E-state index is 5.22. The normalized spacial score (nSPS) is 12.5. The van der Waals surface area contributed by atoms with Crippen LogP contribution in [0.25, 0.3) is 0 Å². The summed E-state index contributed by atoms with van der Waals surface area (Å²) >= 11 is 0. The molecule has 0 aliphatic rings. The molecule has 1 aromatic rings. The molecule has 0 bridgehead atoms. The molecule has 0 heterocycles. The van der Waals surface area contributed by atoms with E-state index in [0.717, 1.165) is 18.8 Å². The van der Waals surface area contributed by atoms with E-state index in [0.29, 0.717) is 5.92 Å². The fourth-order valence-electron chi connectivity index (χ4n) is 1.61. The molecule has 1 unspecified atom stereocenters. The van der Waals surface area contributed by atoms with Crippen LogP contribution in [0.1, 0.15) is 31.7 Å². The van der Waals surface area contributed by atoms with Crippen LogP contribution in [0.15, 0.2) is 24.3 Å². The van der Waals surface area contributed by atoms with Crippen LogP contribution in [-0.4, -0.2) is 20.2 Å². The molecule has 0 saturated carbocycles. The van der Waals surface area contributed by atoms with Gasteiger partial charge in [0.15, 0.2) is 0 Å². The van der Waals surface area contributed by atoms with Gasteiger partial charge < -0.3 is 10.1 Å². The first-order valence-electron chi connectivity index (χ1n) is 5.62. The van der Waals surface area contributed by atoms with Crippen molar-refractivity contribution in [3.63, 3.8) is 0 Å². The topological polar surface area (TPSA) is 21.3 Å². The number of hydrogen-bond acceptors (Lipinski definition) is 2. The van der Waals surface area contributed by atoms with Crippen molar-refractivity contribution in [2.24, 2.45) is 0 Å². The van der Waals surface area contributed by atoms with Crippen LogP contribution in [0.3, 0.4) is 0 Å². The van der Waals surface area contributed by atoms with E-state index >= 15 is 0 Å². The lowest BCUT2D eigenvalue weighted by Gasteiger charge is -2.13. The number of benzene rings is 1. The summed E-state index contributed by atoms with van der Waals surface area (Å²) in [4.78, 5) is 0. The maximum Gasteiger partial charge on any atom is 0.119 e. The summed E-state index contributed by atoms with van der Waals surface area (Å²) < 4.78 is 5.22. The molecule has 0 aliphatic carbocycles. The van der Waals surface area contributed by atoms with Crippen LogP contribution in [0.5, 0.6) is 5.75 Å². The molecule has 1 atom stereocenters. The van der Waals surface area contributed by atoms with E-state index in [4.69, 9.17) is 4.74 Å². The fraction of sp³-hybridized carbons (Fsp3) is 0.538. The van der Waals surface area contributed by atoms with Crippen molar-refractivity contribution in [2.45, 2.75) is 26.2 Å². The van der Waals surface area contributed by atoms with Gasteiger partial charge in [-0.05, 0) is 43.1 Å². The van der Waals surface area contributed by atoms with Crippen molar-refractivity contribution < 1.29 is 4.74 Å². The lowest BCUT2D eigenvalue weighted by molar-refractivity contribution is 0.413. The second kappa shape index (κ2) is 6.46. The molecule has 0 radical (unpaired) electrons. The minimum absolute atomic E-state index is 0.583. The molecule has 0 saturated heterocycles. The second-order valence-electron chi connectivity index (χ2n) is 3.82. The third kappa shape index (κ3) is 3.92. The summed E-state index contributed by atoms with van der Waals surface area (Å²) in [6.07, 6.45) is 1.17. The van der Waals surface area contributed by atoms with E-state index in [2.05, 4.69) is 37.4 Å². The number of hydrogen-bond donors (Lipinski definition) is 1. The average molecular weight is 207 g/mol. The summed E-state index contributed by atoms with van der Waals surface area (Å²) in [6.45, 7) is 6.52. The van der Waals surface area contributed by atoms with E-state index in [1.54, 1.807) is 7.11 Å². The Morgan fingerprint density at radius 2 is 2.20 bits per heavy atom. The molecule has 2 nitrogen and oxygen atoms in total. The minimum Gasteiger partial charge on any atom is -0.497 e. The van der Waals surface area contributed by atoms with Gasteiger partial charge in [0.05, 0.1) is 7.11 Å². The molecular formula is C13H21NO. The average Bonchev–Trinajstić information content (AvgIpc) is 2.29. The molecule has 0 aromatic heterocycles. The van der Waals surface area contributed by atoms with Gasteiger partial charge in [0, 0.05) is 0 Å². The number of methoxy groups -OCH3 is 1. The first kappa shape index (κ1) is 12.1. The molecule has 1 rings (SSSR count). The molecular weight excluding hydrogens is 186 g/mol. The Labute approximate surface area is 92.6 Å². The zero-order valence-corrected chi connectivity index (χ0v) is 9.92. The van der Waals surface area contributed by atoms with Gasteiger partial charge in [-0.3, -0.25) is 0 Å². The van der Waals surface area contributed by atoms with E-state index in [-0.39, 0.29) is 0 Å². The minimum atomic E-state index is 0.583. The third-order valence-electron chi connectivity index (χ3n) is 2.67. The Kier molecular flexibility index (Phi) is 5.19. The molecule has 0 amide bonds. The van der Waals surface area contributed by atoms with Gasteiger partial charge >= 0.3 is 0 Å². The SMILES string of the molecule is CCNCCC(C)c1cccc(OC)c1. The van der Waals surface area contributed by atoms with Crippen molar-refractivity contribution in [1.82, 2.24) is 5.32 Å². The van der Waals surface area contributed by atoms with Crippen LogP contribution in [0.4, 0.5) is 0 Å². The van der Waals surface area contributed by atoms with Gasteiger partial charge in [0.2, 0.25) is 0 Å². The standard InChI is InChI=1S/C13H21NO/c1-4-14-9-8-11(2)12-6-5-7-13(10-12)15-3/h5-7,10-11,14H,4,8-9H2,1-3H3. The molecule has 84 valence electrons. The van der Waals surface area contributed by atoms with E-state index < -0.39 is 0 Å². The van der Waals surface area contributed by atoms with Gasteiger partial charge in [-0.15, -0.1) is 0 Å². The fourth-order valence-corrected chi connectivity index (χ4v) is 1.61. The van der Waals surface area contributed by atoms with Crippen LogP contribution >= 0.6 is 0 Å². The van der Waals surface area contributed by atoms with Gasteiger partial charge in [0.25, 0.3) is 0 Å². The number of nitrogens with one attached hydrogen (secondary N) is 1. The zero-order valence-electron chi connectivity index (χ0n) is 9.92. The van der Waals surface area contributed by atoms with Crippen molar-refractivity contribution in [3.05, 3.63) is 29.8 Å². The lowest BCUT2D eigenvalue weighted by atomic mass is 9.98. The highest BCUT2D eigenvalue weighted by Gasteiger charge is 2.05. The van der Waals surface area contributed by atoms with Crippen LogP contribution in [0.2, 0.25) is 0 Å². The first-order chi connectivity index (χ1) is 7.27. The smallest absolute Gasteiger partial charge is 0.119 e. The highest BCUT2D eigenvalue weighted by molar-refractivity contribution is 5.30. The van der Waals surface area contributed by atoms with Crippen LogP contribution < -0.4 is 10.1 Å². The molecule has 0 spiro atoms. The molecule has 1 N–H and O–H groups in total. The summed E-state index contributed by atoms with van der Waals surface area (Å²) in [6, 6.07) is 8.33. The number of rotatable bonds is 6. The second-order valence-corrected chi connectivity index (χ2v) is 3.82. The van der Waals surface area contributed by atoms with Crippen LogP contribution in [0, 0.1) is 0 Å². The third-order valence-corrected chi connectivity index (χ3v) is 2.67. The monoisotopic (exact) mass is 207 g/mol. The van der Waals surface area contributed by atoms with Gasteiger partial charge in [0.1, 0.15) is 5.75 Å². The highest BCUT2D eigenvalue weighted by atomic mass is 16.5. The van der Waals surface area contributed by atoms with Gasteiger partial charge in [-0.25, -0.2) is 0 Å². The van der Waals surface area contributed by atoms with E-state index in [1.165, 1.54) is 12.0 Å². The van der Waals surface area contributed by atoms with Crippen molar-refractivity contribution in [1.29, 1.82) is 0 Å². The summed E-state index contributed by atoms with van der Waals surface area (Å²) in [7, 11) is 1.71. The summed E-state index contributed by atoms with van der Waals surface area (Å²) in [5.74, 6) is 1.53. The quantitative estimate of drug-likeness (QED) is 0.724. The highest BCUT2D eigenvalue weighted by Crippen LogP contribution is 2.22. The largest absolute Gasteiger partial charge is 0.497 e.